The van der Waals surface area contributed by atoms with Crippen LogP contribution in [-0.4, -0.2) is 30.1 Å². The highest BCUT2D eigenvalue weighted by molar-refractivity contribution is 7.77. The van der Waals surface area contributed by atoms with E-state index in [-0.39, 0.29) is 0 Å². The van der Waals surface area contributed by atoms with Crippen molar-refractivity contribution >= 4 is 13.4 Å². The average Bonchev–Trinajstić information content (AvgIpc) is 3.22. The molecule has 3 rings (SSSR count). The highest BCUT2D eigenvalue weighted by atomic mass is 31.1. The zero-order valence-electron chi connectivity index (χ0n) is 16.6. The molecule has 3 nitrogen and oxygen atoms in total. The van der Waals surface area contributed by atoms with Crippen molar-refractivity contribution in [1.29, 1.82) is 0 Å². The van der Waals surface area contributed by atoms with Gasteiger partial charge in [0.05, 0.1) is 18.8 Å². The summed E-state index contributed by atoms with van der Waals surface area (Å²) in [6, 6.07) is 3.99. The Hall–Kier alpha value is -1.08. The number of fused-ring (bicyclic) bond motifs is 2. The minimum atomic E-state index is -0.528. The number of carbonyl (C=O) groups is 1. The molecule has 0 aliphatic carbocycles. The van der Waals surface area contributed by atoms with Gasteiger partial charge in [-0.25, -0.2) is 0 Å². The average molecular weight is 376 g/mol. The minimum absolute atomic E-state index is 0.383. The van der Waals surface area contributed by atoms with Gasteiger partial charge in [0.2, 0.25) is 0 Å². The Morgan fingerprint density at radius 1 is 1.00 bits per heavy atom. The predicted molar refractivity (Wildman–Crippen MR) is 109 cm³/mol. The molecule has 144 valence electrons. The molecular weight excluding hydrogens is 343 g/mol. The maximum absolute atomic E-state index is 13.5. The fourth-order valence-electron chi connectivity index (χ4n) is 4.23. The molecule has 0 N–H and O–H groups in total. The molecule has 2 bridgehead atoms. The maximum Gasteiger partial charge on any atom is 0.188 e. The van der Waals surface area contributed by atoms with E-state index >= 15 is 0 Å². The fourth-order valence-corrected chi connectivity index (χ4v) is 7.74. The predicted octanol–water partition coefficient (Wildman–Crippen LogP) is 6.30. The van der Waals surface area contributed by atoms with Crippen molar-refractivity contribution in [3.8, 4) is 11.5 Å². The molecule has 0 radical (unpaired) electrons. The zero-order valence-corrected chi connectivity index (χ0v) is 17.4. The summed E-state index contributed by atoms with van der Waals surface area (Å²) < 4.78 is 12.0. The van der Waals surface area contributed by atoms with E-state index in [1.165, 1.54) is 25.7 Å². The molecule has 2 heterocycles. The monoisotopic (exact) mass is 376 g/mol. The molecule has 4 heteroatoms. The van der Waals surface area contributed by atoms with Gasteiger partial charge in [0.15, 0.2) is 5.52 Å². The van der Waals surface area contributed by atoms with Crippen LogP contribution in [0.4, 0.5) is 0 Å². The van der Waals surface area contributed by atoms with Crippen molar-refractivity contribution < 1.29 is 14.3 Å². The van der Waals surface area contributed by atoms with Gasteiger partial charge >= 0.3 is 0 Å². The molecule has 1 aromatic rings. The van der Waals surface area contributed by atoms with Gasteiger partial charge < -0.3 is 9.47 Å². The van der Waals surface area contributed by atoms with E-state index in [2.05, 4.69) is 13.8 Å². The lowest BCUT2D eigenvalue weighted by Crippen LogP contribution is -2.10. The normalized spacial score (nSPS) is 24.0. The first-order valence-corrected chi connectivity index (χ1v) is 11.9. The van der Waals surface area contributed by atoms with E-state index in [9.17, 15) is 4.79 Å². The topological polar surface area (TPSA) is 35.5 Å². The van der Waals surface area contributed by atoms with Gasteiger partial charge in [-0.15, -0.1) is 0 Å². The third-order valence-electron chi connectivity index (χ3n) is 5.70. The van der Waals surface area contributed by atoms with Crippen LogP contribution in [0.1, 0.15) is 81.1 Å². The first-order chi connectivity index (χ1) is 12.7. The second kappa shape index (κ2) is 9.22. The molecule has 26 heavy (non-hydrogen) atoms. The SMILES string of the molecule is CCCCOc1cc(C)c(C(=O)P2C3CCC2CC3)c(OCCCC)c1. The number of hydrogen-bond acceptors (Lipinski definition) is 3. The first kappa shape index (κ1) is 19.7. The summed E-state index contributed by atoms with van der Waals surface area (Å²) in [7, 11) is -0.528. The highest BCUT2D eigenvalue weighted by Gasteiger charge is 2.46. The van der Waals surface area contributed by atoms with Crippen LogP contribution < -0.4 is 9.47 Å². The number of unbranched alkanes of at least 4 members (excludes halogenated alkanes) is 2. The van der Waals surface area contributed by atoms with Crippen LogP contribution in [0.25, 0.3) is 0 Å². The van der Waals surface area contributed by atoms with Gasteiger partial charge in [0.25, 0.3) is 0 Å². The summed E-state index contributed by atoms with van der Waals surface area (Å²) in [6.07, 6.45) is 9.27. The second-order valence-corrected chi connectivity index (χ2v) is 10.4. The smallest absolute Gasteiger partial charge is 0.188 e. The lowest BCUT2D eigenvalue weighted by molar-refractivity contribution is 0.107. The summed E-state index contributed by atoms with van der Waals surface area (Å²) >= 11 is 0. The molecule has 0 spiro atoms. The van der Waals surface area contributed by atoms with Crippen LogP contribution in [0.3, 0.4) is 0 Å². The standard InChI is InChI=1S/C22H33O3P/c1-4-6-12-24-17-14-16(3)21(20(15-17)25-13-7-5-2)22(23)26-18-8-9-19(26)11-10-18/h14-15,18-19H,4-13H2,1-3H3. The van der Waals surface area contributed by atoms with E-state index in [4.69, 9.17) is 9.47 Å². The van der Waals surface area contributed by atoms with Crippen LogP contribution >= 0.6 is 7.92 Å². The summed E-state index contributed by atoms with van der Waals surface area (Å²) in [6.45, 7) is 7.74. The van der Waals surface area contributed by atoms with Crippen LogP contribution in [0.15, 0.2) is 12.1 Å². The molecule has 0 saturated carbocycles. The van der Waals surface area contributed by atoms with E-state index in [0.717, 1.165) is 48.3 Å². The molecule has 2 fully saturated rings. The molecular formula is C22H33O3P. The number of rotatable bonds is 10. The number of carbonyl (C=O) groups excluding carboxylic acids is 1. The largest absolute Gasteiger partial charge is 0.493 e. The Kier molecular flexibility index (Phi) is 6.98. The summed E-state index contributed by atoms with van der Waals surface area (Å²) in [5.74, 6) is 1.59. The number of benzene rings is 1. The van der Waals surface area contributed by atoms with Crippen molar-refractivity contribution in [3.05, 3.63) is 23.3 Å². The van der Waals surface area contributed by atoms with Crippen LogP contribution in [0.5, 0.6) is 11.5 Å². The molecule has 1 aromatic carbocycles. The fraction of sp³-hybridized carbons (Fsp3) is 0.682. The quantitative estimate of drug-likeness (QED) is 0.355. The van der Waals surface area contributed by atoms with Gasteiger partial charge in [-0.1, -0.05) is 26.7 Å². The lowest BCUT2D eigenvalue weighted by Gasteiger charge is -2.20. The molecule has 0 unspecified atom stereocenters. The van der Waals surface area contributed by atoms with Crippen LogP contribution in [0, 0.1) is 6.92 Å². The molecule has 2 aliphatic heterocycles. The summed E-state index contributed by atoms with van der Waals surface area (Å²) in [5.41, 5.74) is 3.56. The molecule has 0 aromatic heterocycles. The summed E-state index contributed by atoms with van der Waals surface area (Å²) in [4.78, 5) is 13.5. The number of ether oxygens (including phenoxy) is 2. The van der Waals surface area contributed by atoms with Crippen molar-refractivity contribution in [2.24, 2.45) is 0 Å². The highest BCUT2D eigenvalue weighted by Crippen LogP contribution is 2.66. The van der Waals surface area contributed by atoms with Gasteiger partial charge in [-0.2, -0.15) is 0 Å². The number of aryl methyl sites for hydroxylation is 1. The number of hydrogen-bond donors (Lipinski definition) is 0. The third kappa shape index (κ3) is 4.25. The lowest BCUT2D eigenvalue weighted by atomic mass is 10.0. The van der Waals surface area contributed by atoms with E-state index in [0.29, 0.717) is 30.1 Å². The molecule has 2 aliphatic rings. The first-order valence-electron chi connectivity index (χ1n) is 10.4. The Bertz CT molecular complexity index is 608. The maximum atomic E-state index is 13.5. The van der Waals surface area contributed by atoms with Crippen molar-refractivity contribution in [2.45, 2.75) is 83.5 Å². The van der Waals surface area contributed by atoms with Crippen LogP contribution in [0.2, 0.25) is 0 Å². The Balaban J connectivity index is 1.85. The van der Waals surface area contributed by atoms with E-state index in [1.54, 1.807) is 0 Å². The van der Waals surface area contributed by atoms with E-state index < -0.39 is 7.92 Å². The molecule has 2 saturated heterocycles. The van der Waals surface area contributed by atoms with E-state index in [1.807, 2.05) is 19.1 Å². The zero-order chi connectivity index (χ0) is 18.5. The molecule has 0 amide bonds. The van der Waals surface area contributed by atoms with Gasteiger partial charge in [0.1, 0.15) is 11.5 Å². The summed E-state index contributed by atoms with van der Waals surface area (Å²) in [5, 5.41) is 0. The van der Waals surface area contributed by atoms with Crippen molar-refractivity contribution in [2.75, 3.05) is 13.2 Å². The van der Waals surface area contributed by atoms with Gasteiger partial charge in [-0.3, -0.25) is 4.79 Å². The minimum Gasteiger partial charge on any atom is -0.493 e. The Morgan fingerprint density at radius 2 is 1.58 bits per heavy atom. The Morgan fingerprint density at radius 3 is 2.15 bits per heavy atom. The second-order valence-electron chi connectivity index (χ2n) is 7.69. The Labute approximate surface area is 159 Å². The van der Waals surface area contributed by atoms with Gasteiger partial charge in [-0.05, 0) is 76.3 Å². The van der Waals surface area contributed by atoms with Gasteiger partial charge in [0, 0.05) is 6.07 Å². The van der Waals surface area contributed by atoms with Crippen LogP contribution in [-0.2, 0) is 0 Å². The van der Waals surface area contributed by atoms with Crippen molar-refractivity contribution in [1.82, 2.24) is 0 Å². The van der Waals surface area contributed by atoms with Crippen molar-refractivity contribution in [3.63, 3.8) is 0 Å². The third-order valence-corrected chi connectivity index (χ3v) is 9.00. The molecule has 0 atom stereocenters.